The number of hydrogen-bond donors (Lipinski definition) is 2. The zero-order valence-corrected chi connectivity index (χ0v) is 19.4. The standard InChI is InChI=1S/C27H27N3O2S/c1-19-15-17-30(18-16-19)26(32)23-11-4-5-12-24(23)28-27(33)29-25(31)14-13-21-9-6-8-20-7-2-3-10-22(20)21/h2-14,19H,15-18H2,1H3,(H2,28,29,31,33)/b14-13+. The Kier molecular flexibility index (Phi) is 7.15. The molecule has 1 aliphatic heterocycles. The predicted molar refractivity (Wildman–Crippen MR) is 138 cm³/mol. The Morgan fingerprint density at radius 1 is 0.970 bits per heavy atom. The van der Waals surface area contributed by atoms with Crippen LogP contribution in [0.2, 0.25) is 0 Å². The van der Waals surface area contributed by atoms with Gasteiger partial charge in [-0.25, -0.2) is 0 Å². The van der Waals surface area contributed by atoms with Crippen molar-refractivity contribution in [2.45, 2.75) is 19.8 Å². The fourth-order valence-corrected chi connectivity index (χ4v) is 4.24. The number of carbonyl (C=O) groups excluding carboxylic acids is 2. The maximum atomic E-state index is 13.0. The number of thiocarbonyl (C=S) groups is 1. The van der Waals surface area contributed by atoms with E-state index in [2.05, 4.69) is 17.6 Å². The number of hydrogen-bond acceptors (Lipinski definition) is 3. The lowest BCUT2D eigenvalue weighted by Gasteiger charge is -2.30. The second kappa shape index (κ2) is 10.4. The van der Waals surface area contributed by atoms with Crippen LogP contribution in [-0.4, -0.2) is 34.9 Å². The van der Waals surface area contributed by atoms with Gasteiger partial charge in [0.05, 0.1) is 11.3 Å². The Hall–Kier alpha value is -3.51. The van der Waals surface area contributed by atoms with Crippen LogP contribution in [0.15, 0.2) is 72.8 Å². The van der Waals surface area contributed by atoms with Crippen LogP contribution in [-0.2, 0) is 4.79 Å². The molecule has 0 aliphatic carbocycles. The molecule has 0 bridgehead atoms. The highest BCUT2D eigenvalue weighted by Crippen LogP contribution is 2.22. The van der Waals surface area contributed by atoms with Crippen molar-refractivity contribution >= 4 is 51.7 Å². The van der Waals surface area contributed by atoms with E-state index < -0.39 is 0 Å². The van der Waals surface area contributed by atoms with E-state index >= 15 is 0 Å². The Morgan fingerprint density at radius 2 is 1.67 bits per heavy atom. The van der Waals surface area contributed by atoms with Crippen LogP contribution in [0.3, 0.4) is 0 Å². The number of benzene rings is 3. The summed E-state index contributed by atoms with van der Waals surface area (Å²) in [6.07, 6.45) is 5.26. The summed E-state index contributed by atoms with van der Waals surface area (Å²) in [5, 5.41) is 8.02. The Balaban J connectivity index is 1.40. The van der Waals surface area contributed by atoms with Gasteiger partial charge in [0.25, 0.3) is 5.91 Å². The molecule has 168 valence electrons. The van der Waals surface area contributed by atoms with Crippen LogP contribution in [0.1, 0.15) is 35.7 Å². The van der Waals surface area contributed by atoms with Crippen molar-refractivity contribution in [3.63, 3.8) is 0 Å². The molecule has 4 rings (SSSR count). The summed E-state index contributed by atoms with van der Waals surface area (Å²) in [6.45, 7) is 3.73. The van der Waals surface area contributed by atoms with E-state index in [4.69, 9.17) is 12.2 Å². The monoisotopic (exact) mass is 457 g/mol. The number of amides is 2. The normalized spacial score (nSPS) is 14.4. The lowest BCUT2D eigenvalue weighted by atomic mass is 9.98. The second-order valence-electron chi connectivity index (χ2n) is 8.37. The van der Waals surface area contributed by atoms with Crippen molar-refractivity contribution in [2.24, 2.45) is 5.92 Å². The van der Waals surface area contributed by atoms with Gasteiger partial charge < -0.3 is 10.2 Å². The first-order valence-electron chi connectivity index (χ1n) is 11.2. The van der Waals surface area contributed by atoms with Crippen LogP contribution in [0.5, 0.6) is 0 Å². The molecule has 1 saturated heterocycles. The molecule has 1 heterocycles. The summed E-state index contributed by atoms with van der Waals surface area (Å²) >= 11 is 5.34. The number of nitrogens with one attached hydrogen (secondary N) is 2. The van der Waals surface area contributed by atoms with Gasteiger partial charge in [-0.3, -0.25) is 14.9 Å². The smallest absolute Gasteiger partial charge is 0.255 e. The summed E-state index contributed by atoms with van der Waals surface area (Å²) < 4.78 is 0. The molecule has 5 nitrogen and oxygen atoms in total. The summed E-state index contributed by atoms with van der Waals surface area (Å²) in [5.74, 6) is 0.288. The average Bonchev–Trinajstić information content (AvgIpc) is 2.83. The molecule has 0 radical (unpaired) electrons. The van der Waals surface area contributed by atoms with Gasteiger partial charge >= 0.3 is 0 Å². The van der Waals surface area contributed by atoms with E-state index in [-0.39, 0.29) is 16.9 Å². The number of para-hydroxylation sites is 1. The quantitative estimate of drug-likeness (QED) is 0.416. The van der Waals surface area contributed by atoms with Gasteiger partial charge in [0, 0.05) is 19.2 Å². The van der Waals surface area contributed by atoms with Crippen LogP contribution >= 0.6 is 12.2 Å². The highest BCUT2D eigenvalue weighted by molar-refractivity contribution is 7.80. The third-order valence-electron chi connectivity index (χ3n) is 5.95. The average molecular weight is 458 g/mol. The third kappa shape index (κ3) is 5.65. The molecule has 1 aliphatic rings. The predicted octanol–water partition coefficient (Wildman–Crippen LogP) is 5.24. The maximum Gasteiger partial charge on any atom is 0.255 e. The Labute approximate surface area is 199 Å². The van der Waals surface area contributed by atoms with Gasteiger partial charge in [-0.1, -0.05) is 61.5 Å². The van der Waals surface area contributed by atoms with Gasteiger partial charge in [-0.15, -0.1) is 0 Å². The Bertz CT molecular complexity index is 1210. The molecular weight excluding hydrogens is 430 g/mol. The van der Waals surface area contributed by atoms with Crippen LogP contribution in [0.4, 0.5) is 5.69 Å². The molecule has 3 aromatic rings. The number of nitrogens with zero attached hydrogens (tertiary/aromatic N) is 1. The molecule has 6 heteroatoms. The van der Waals surface area contributed by atoms with E-state index in [0.29, 0.717) is 17.2 Å². The minimum atomic E-state index is -0.339. The third-order valence-corrected chi connectivity index (χ3v) is 6.16. The number of anilines is 1. The fraction of sp³-hybridized carbons (Fsp3) is 0.222. The summed E-state index contributed by atoms with van der Waals surface area (Å²) in [7, 11) is 0. The molecule has 2 amide bonds. The van der Waals surface area contributed by atoms with Gasteiger partial charge in [0.2, 0.25) is 5.91 Å². The number of likely N-dealkylation sites (tertiary alicyclic amines) is 1. The van der Waals surface area contributed by atoms with Crippen LogP contribution in [0, 0.1) is 5.92 Å². The van der Waals surface area contributed by atoms with Gasteiger partial charge in [-0.2, -0.15) is 0 Å². The number of fused-ring (bicyclic) bond motifs is 1. The zero-order valence-electron chi connectivity index (χ0n) is 18.6. The van der Waals surface area contributed by atoms with Crippen molar-refractivity contribution in [1.82, 2.24) is 10.2 Å². The van der Waals surface area contributed by atoms with Crippen molar-refractivity contribution in [2.75, 3.05) is 18.4 Å². The van der Waals surface area contributed by atoms with Crippen molar-refractivity contribution < 1.29 is 9.59 Å². The maximum absolute atomic E-state index is 13.0. The summed E-state index contributed by atoms with van der Waals surface area (Å²) in [6, 6.07) is 21.2. The molecule has 0 aromatic heterocycles. The van der Waals surface area contributed by atoms with Crippen LogP contribution < -0.4 is 10.6 Å². The zero-order chi connectivity index (χ0) is 23.2. The molecule has 2 N–H and O–H groups in total. The second-order valence-corrected chi connectivity index (χ2v) is 8.77. The Morgan fingerprint density at radius 3 is 2.48 bits per heavy atom. The van der Waals surface area contributed by atoms with Gasteiger partial charge in [-0.05, 0) is 65.5 Å². The molecule has 33 heavy (non-hydrogen) atoms. The first-order chi connectivity index (χ1) is 16.0. The van der Waals surface area contributed by atoms with E-state index in [9.17, 15) is 9.59 Å². The highest BCUT2D eigenvalue weighted by Gasteiger charge is 2.23. The van der Waals surface area contributed by atoms with Gasteiger partial charge in [0.15, 0.2) is 5.11 Å². The molecular formula is C27H27N3O2S. The molecule has 0 unspecified atom stereocenters. The van der Waals surface area contributed by atoms with E-state index in [0.717, 1.165) is 42.3 Å². The van der Waals surface area contributed by atoms with Crippen molar-refractivity contribution in [1.29, 1.82) is 0 Å². The lowest BCUT2D eigenvalue weighted by Crippen LogP contribution is -2.39. The minimum Gasteiger partial charge on any atom is -0.339 e. The summed E-state index contributed by atoms with van der Waals surface area (Å²) in [4.78, 5) is 27.4. The first kappa shape index (κ1) is 22.7. The lowest BCUT2D eigenvalue weighted by molar-refractivity contribution is -0.115. The topological polar surface area (TPSA) is 61.4 Å². The largest absolute Gasteiger partial charge is 0.339 e. The van der Waals surface area contributed by atoms with Crippen molar-refractivity contribution in [3.8, 4) is 0 Å². The highest BCUT2D eigenvalue weighted by atomic mass is 32.1. The molecule has 1 fully saturated rings. The van der Waals surface area contributed by atoms with E-state index in [1.165, 1.54) is 6.08 Å². The number of carbonyl (C=O) groups is 2. The van der Waals surface area contributed by atoms with Crippen LogP contribution in [0.25, 0.3) is 16.8 Å². The van der Waals surface area contributed by atoms with E-state index in [1.807, 2.05) is 59.5 Å². The molecule has 0 atom stereocenters. The van der Waals surface area contributed by atoms with Gasteiger partial charge in [0.1, 0.15) is 0 Å². The first-order valence-corrected chi connectivity index (χ1v) is 11.6. The molecule has 0 saturated carbocycles. The molecule has 0 spiro atoms. The van der Waals surface area contributed by atoms with Crippen molar-refractivity contribution in [3.05, 3.63) is 83.9 Å². The fourth-order valence-electron chi connectivity index (χ4n) is 4.03. The SMILES string of the molecule is CC1CCN(C(=O)c2ccccc2NC(=S)NC(=O)/C=C/c2cccc3ccccc23)CC1. The minimum absolute atomic E-state index is 0.0185. The molecule has 3 aromatic carbocycles. The number of piperidine rings is 1. The number of rotatable bonds is 4. The summed E-state index contributed by atoms with van der Waals surface area (Å²) in [5.41, 5.74) is 2.09. The van der Waals surface area contributed by atoms with E-state index in [1.54, 1.807) is 18.2 Å².